The van der Waals surface area contributed by atoms with Crippen LogP contribution in [0.1, 0.15) is 30.0 Å². The topological polar surface area (TPSA) is 47.3 Å². The van der Waals surface area contributed by atoms with E-state index in [9.17, 15) is 0 Å². The maximum atomic E-state index is 6.41. The molecule has 3 nitrogen and oxygen atoms in total. The average Bonchev–Trinajstić information content (AvgIpc) is 2.61. The summed E-state index contributed by atoms with van der Waals surface area (Å²) in [5.41, 5.74) is 10.0. The maximum absolute atomic E-state index is 6.41. The van der Waals surface area contributed by atoms with Gasteiger partial charge in [0.2, 0.25) is 0 Å². The second kappa shape index (κ2) is 8.92. The van der Waals surface area contributed by atoms with Crippen LogP contribution in [-0.2, 0) is 11.3 Å². The molecule has 2 aromatic carbocycles. The SMILES string of the molecule is Cl.N[C@@H](c1ccc(NCc2ccccc2)cc1)C1CCOCC1. The van der Waals surface area contributed by atoms with Crippen molar-refractivity contribution in [2.24, 2.45) is 11.7 Å². The molecule has 0 amide bonds. The zero-order chi connectivity index (χ0) is 15.2. The molecule has 1 aliphatic heterocycles. The molecule has 0 spiro atoms. The quantitative estimate of drug-likeness (QED) is 0.864. The van der Waals surface area contributed by atoms with E-state index in [2.05, 4.69) is 53.8 Å². The van der Waals surface area contributed by atoms with E-state index in [0.717, 1.165) is 38.3 Å². The Morgan fingerprint density at radius 2 is 1.65 bits per heavy atom. The largest absolute Gasteiger partial charge is 0.381 e. The molecule has 0 aliphatic carbocycles. The molecule has 0 saturated carbocycles. The van der Waals surface area contributed by atoms with Crippen LogP contribution >= 0.6 is 12.4 Å². The highest BCUT2D eigenvalue weighted by Crippen LogP contribution is 2.28. The van der Waals surface area contributed by atoms with Crippen molar-refractivity contribution >= 4 is 18.1 Å². The number of rotatable bonds is 5. The van der Waals surface area contributed by atoms with Gasteiger partial charge in [0.05, 0.1) is 0 Å². The van der Waals surface area contributed by atoms with Crippen molar-refractivity contribution in [1.29, 1.82) is 0 Å². The summed E-state index contributed by atoms with van der Waals surface area (Å²) in [6, 6.07) is 19.1. The molecule has 1 saturated heterocycles. The molecule has 23 heavy (non-hydrogen) atoms. The van der Waals surface area contributed by atoms with Gasteiger partial charge in [-0.05, 0) is 42.0 Å². The second-order valence-electron chi connectivity index (χ2n) is 5.94. The summed E-state index contributed by atoms with van der Waals surface area (Å²) in [6.45, 7) is 2.52. The summed E-state index contributed by atoms with van der Waals surface area (Å²) in [5.74, 6) is 0.539. The van der Waals surface area contributed by atoms with Crippen molar-refractivity contribution in [2.45, 2.75) is 25.4 Å². The number of halogens is 1. The van der Waals surface area contributed by atoms with Gasteiger partial charge in [-0.15, -0.1) is 12.4 Å². The van der Waals surface area contributed by atoms with Gasteiger partial charge in [-0.3, -0.25) is 0 Å². The third-order valence-electron chi connectivity index (χ3n) is 4.41. The molecular formula is C19H25ClN2O. The lowest BCUT2D eigenvalue weighted by molar-refractivity contribution is 0.0584. The van der Waals surface area contributed by atoms with E-state index in [-0.39, 0.29) is 18.4 Å². The molecule has 1 fully saturated rings. The van der Waals surface area contributed by atoms with Gasteiger partial charge in [-0.25, -0.2) is 0 Å². The van der Waals surface area contributed by atoms with Gasteiger partial charge in [0.15, 0.2) is 0 Å². The van der Waals surface area contributed by atoms with Crippen LogP contribution in [0.2, 0.25) is 0 Å². The molecule has 3 N–H and O–H groups in total. The number of hydrogen-bond acceptors (Lipinski definition) is 3. The molecule has 3 rings (SSSR count). The number of benzene rings is 2. The molecule has 1 aliphatic rings. The van der Waals surface area contributed by atoms with E-state index < -0.39 is 0 Å². The predicted molar refractivity (Wildman–Crippen MR) is 97.9 cm³/mol. The predicted octanol–water partition coefficient (Wildman–Crippen LogP) is 4.15. The Labute approximate surface area is 144 Å². The standard InChI is InChI=1S/C19H24N2O.ClH/c20-19(17-10-12-22-13-11-17)16-6-8-18(9-7-16)21-14-15-4-2-1-3-5-15;/h1-9,17,19,21H,10-14,20H2;1H/t19-;/m0./s1. The highest BCUT2D eigenvalue weighted by Gasteiger charge is 2.22. The van der Waals surface area contributed by atoms with Crippen LogP contribution in [0, 0.1) is 5.92 Å². The first-order chi connectivity index (χ1) is 10.8. The number of nitrogens with two attached hydrogens (primary N) is 1. The van der Waals surface area contributed by atoms with E-state index >= 15 is 0 Å². The molecule has 1 heterocycles. The average molecular weight is 333 g/mol. The van der Waals surface area contributed by atoms with Crippen molar-refractivity contribution in [3.8, 4) is 0 Å². The van der Waals surface area contributed by atoms with E-state index in [1.165, 1.54) is 11.1 Å². The molecule has 0 unspecified atom stereocenters. The number of hydrogen-bond donors (Lipinski definition) is 2. The summed E-state index contributed by atoms with van der Waals surface area (Å²) < 4.78 is 5.41. The molecule has 0 radical (unpaired) electrons. The summed E-state index contributed by atoms with van der Waals surface area (Å²) in [5, 5.41) is 3.45. The zero-order valence-corrected chi connectivity index (χ0v) is 14.1. The van der Waals surface area contributed by atoms with Gasteiger partial charge in [0, 0.05) is 31.5 Å². The molecular weight excluding hydrogens is 308 g/mol. The lowest BCUT2D eigenvalue weighted by Crippen LogP contribution is -2.27. The summed E-state index contributed by atoms with van der Waals surface area (Å²) in [6.07, 6.45) is 2.13. The van der Waals surface area contributed by atoms with E-state index in [1.807, 2.05) is 6.07 Å². The van der Waals surface area contributed by atoms with Crippen LogP contribution in [0.5, 0.6) is 0 Å². The monoisotopic (exact) mass is 332 g/mol. The van der Waals surface area contributed by atoms with Crippen LogP contribution in [0.4, 0.5) is 5.69 Å². The highest BCUT2D eigenvalue weighted by atomic mass is 35.5. The third-order valence-corrected chi connectivity index (χ3v) is 4.41. The Morgan fingerprint density at radius 1 is 1.00 bits per heavy atom. The van der Waals surface area contributed by atoms with Crippen molar-refractivity contribution in [3.05, 3.63) is 65.7 Å². The first kappa shape index (κ1) is 17.8. The fourth-order valence-corrected chi connectivity index (χ4v) is 2.97. The van der Waals surface area contributed by atoms with Crippen molar-refractivity contribution in [1.82, 2.24) is 0 Å². The van der Waals surface area contributed by atoms with E-state index in [1.54, 1.807) is 0 Å². The first-order valence-corrected chi connectivity index (χ1v) is 8.04. The van der Waals surface area contributed by atoms with Gasteiger partial charge in [-0.2, -0.15) is 0 Å². The van der Waals surface area contributed by atoms with Crippen LogP contribution in [0.3, 0.4) is 0 Å². The summed E-state index contributed by atoms with van der Waals surface area (Å²) >= 11 is 0. The fourth-order valence-electron chi connectivity index (χ4n) is 2.97. The summed E-state index contributed by atoms with van der Waals surface area (Å²) in [7, 11) is 0. The summed E-state index contributed by atoms with van der Waals surface area (Å²) in [4.78, 5) is 0. The Morgan fingerprint density at radius 3 is 2.30 bits per heavy atom. The van der Waals surface area contributed by atoms with E-state index in [4.69, 9.17) is 10.5 Å². The Kier molecular flexibility index (Phi) is 6.90. The minimum atomic E-state index is 0. The first-order valence-electron chi connectivity index (χ1n) is 8.04. The molecule has 1 atom stereocenters. The molecule has 124 valence electrons. The smallest absolute Gasteiger partial charge is 0.0469 e. The Hall–Kier alpha value is -1.55. The second-order valence-corrected chi connectivity index (χ2v) is 5.94. The van der Waals surface area contributed by atoms with Crippen molar-refractivity contribution < 1.29 is 4.74 Å². The number of nitrogens with one attached hydrogen (secondary N) is 1. The highest BCUT2D eigenvalue weighted by molar-refractivity contribution is 5.85. The van der Waals surface area contributed by atoms with Gasteiger partial charge >= 0.3 is 0 Å². The van der Waals surface area contributed by atoms with Crippen LogP contribution < -0.4 is 11.1 Å². The molecule has 0 bridgehead atoms. The molecule has 4 heteroatoms. The van der Waals surface area contributed by atoms with Crippen LogP contribution in [0.15, 0.2) is 54.6 Å². The zero-order valence-electron chi connectivity index (χ0n) is 13.3. The number of ether oxygens (including phenoxy) is 1. The maximum Gasteiger partial charge on any atom is 0.0469 e. The van der Waals surface area contributed by atoms with Crippen LogP contribution in [0.25, 0.3) is 0 Å². The fraction of sp³-hybridized carbons (Fsp3) is 0.368. The lowest BCUT2D eigenvalue weighted by atomic mass is 9.88. The van der Waals surface area contributed by atoms with Crippen LogP contribution in [-0.4, -0.2) is 13.2 Å². The van der Waals surface area contributed by atoms with Crippen molar-refractivity contribution in [3.63, 3.8) is 0 Å². The third kappa shape index (κ3) is 4.96. The minimum absolute atomic E-state index is 0. The molecule has 0 aromatic heterocycles. The lowest BCUT2D eigenvalue weighted by Gasteiger charge is -2.28. The normalized spacial score (nSPS) is 16.4. The van der Waals surface area contributed by atoms with Crippen molar-refractivity contribution in [2.75, 3.05) is 18.5 Å². The minimum Gasteiger partial charge on any atom is -0.381 e. The van der Waals surface area contributed by atoms with Gasteiger partial charge < -0.3 is 15.8 Å². The Balaban J connectivity index is 0.00000192. The molecule has 2 aromatic rings. The van der Waals surface area contributed by atoms with Gasteiger partial charge in [-0.1, -0.05) is 42.5 Å². The number of anilines is 1. The van der Waals surface area contributed by atoms with Gasteiger partial charge in [0.1, 0.15) is 0 Å². The van der Waals surface area contributed by atoms with Gasteiger partial charge in [0.25, 0.3) is 0 Å². The van der Waals surface area contributed by atoms with E-state index in [0.29, 0.717) is 5.92 Å². The Bertz CT molecular complexity index is 568.